The van der Waals surface area contributed by atoms with Gasteiger partial charge in [-0.3, -0.25) is 0 Å². The Morgan fingerprint density at radius 3 is 2.32 bits per heavy atom. The largest absolute Gasteiger partial charge is 0.321 e. The van der Waals surface area contributed by atoms with Crippen molar-refractivity contribution in [3.63, 3.8) is 0 Å². The fraction of sp³-hybridized carbons (Fsp3) is 0.294. The van der Waals surface area contributed by atoms with E-state index >= 15 is 0 Å². The van der Waals surface area contributed by atoms with Crippen molar-refractivity contribution in [3.8, 4) is 0 Å². The van der Waals surface area contributed by atoms with E-state index in [1.165, 1.54) is 0 Å². The molecular formula is C17H20FN. The second-order valence-electron chi connectivity index (χ2n) is 5.52. The van der Waals surface area contributed by atoms with Crippen molar-refractivity contribution in [2.24, 2.45) is 5.73 Å². The minimum Gasteiger partial charge on any atom is -0.321 e. The van der Waals surface area contributed by atoms with Crippen LogP contribution in [0.25, 0.3) is 0 Å². The number of benzene rings is 2. The lowest BCUT2D eigenvalue weighted by atomic mass is 9.83. The zero-order chi connectivity index (χ0) is 14.0. The minimum atomic E-state index is -0.705. The fourth-order valence-electron chi connectivity index (χ4n) is 2.75. The summed E-state index contributed by atoms with van der Waals surface area (Å²) in [6.45, 7) is 5.70. The van der Waals surface area contributed by atoms with Gasteiger partial charge in [0, 0.05) is 11.1 Å². The molecule has 0 heterocycles. The van der Waals surface area contributed by atoms with E-state index in [4.69, 9.17) is 5.73 Å². The van der Waals surface area contributed by atoms with Gasteiger partial charge in [0.2, 0.25) is 0 Å². The highest BCUT2D eigenvalue weighted by Gasteiger charge is 2.27. The van der Waals surface area contributed by atoms with Crippen molar-refractivity contribution in [1.82, 2.24) is 0 Å². The second kappa shape index (κ2) is 5.14. The molecule has 0 aliphatic rings. The van der Waals surface area contributed by atoms with Crippen LogP contribution in [0.4, 0.5) is 4.39 Å². The maximum atomic E-state index is 14.2. The number of hydrogen-bond donors (Lipinski definition) is 1. The first-order valence-corrected chi connectivity index (χ1v) is 6.50. The zero-order valence-electron chi connectivity index (χ0n) is 11.7. The van der Waals surface area contributed by atoms with Gasteiger partial charge >= 0.3 is 0 Å². The third-order valence-corrected chi connectivity index (χ3v) is 3.42. The first-order valence-electron chi connectivity index (χ1n) is 6.50. The number of hydrogen-bond acceptors (Lipinski definition) is 1. The summed E-state index contributed by atoms with van der Waals surface area (Å²) < 4.78 is 14.2. The Bertz CT molecular complexity index is 550. The van der Waals surface area contributed by atoms with Gasteiger partial charge in [0.15, 0.2) is 0 Å². The Morgan fingerprint density at radius 1 is 1.11 bits per heavy atom. The van der Waals surface area contributed by atoms with Gasteiger partial charge in [-0.15, -0.1) is 0 Å². The van der Waals surface area contributed by atoms with Gasteiger partial charge in [-0.1, -0.05) is 36.4 Å². The van der Waals surface area contributed by atoms with Crippen LogP contribution in [0.5, 0.6) is 0 Å². The summed E-state index contributed by atoms with van der Waals surface area (Å²) in [5, 5.41) is 0. The van der Waals surface area contributed by atoms with E-state index in [0.717, 1.165) is 16.7 Å². The summed E-state index contributed by atoms with van der Waals surface area (Å²) in [6, 6.07) is 13.5. The third kappa shape index (κ3) is 3.02. The molecular weight excluding hydrogens is 237 g/mol. The predicted octanol–water partition coefficient (Wildman–Crippen LogP) is 3.86. The molecule has 0 fully saturated rings. The predicted molar refractivity (Wildman–Crippen MR) is 77.6 cm³/mol. The molecule has 0 spiro atoms. The molecule has 0 bridgehead atoms. The summed E-state index contributed by atoms with van der Waals surface area (Å²) >= 11 is 0. The molecule has 0 aliphatic carbocycles. The molecule has 100 valence electrons. The molecule has 0 aromatic heterocycles. The molecule has 2 N–H and O–H groups in total. The molecule has 0 amide bonds. The van der Waals surface area contributed by atoms with Crippen molar-refractivity contribution < 1.29 is 4.39 Å². The maximum absolute atomic E-state index is 14.2. The van der Waals surface area contributed by atoms with Gasteiger partial charge in [0.05, 0.1) is 0 Å². The average Bonchev–Trinajstić information content (AvgIpc) is 2.27. The molecule has 2 rings (SSSR count). The van der Waals surface area contributed by atoms with Crippen molar-refractivity contribution in [3.05, 3.63) is 70.5 Å². The lowest BCUT2D eigenvalue weighted by molar-refractivity contribution is 0.454. The molecule has 0 saturated heterocycles. The molecule has 0 radical (unpaired) electrons. The molecule has 19 heavy (non-hydrogen) atoms. The van der Waals surface area contributed by atoms with Crippen LogP contribution < -0.4 is 5.73 Å². The van der Waals surface area contributed by atoms with Crippen molar-refractivity contribution in [2.45, 2.75) is 32.7 Å². The van der Waals surface area contributed by atoms with Gasteiger partial charge in [0.1, 0.15) is 5.82 Å². The molecule has 0 saturated carbocycles. The van der Waals surface area contributed by atoms with E-state index in [-0.39, 0.29) is 5.82 Å². The number of aryl methyl sites for hydroxylation is 2. The van der Waals surface area contributed by atoms with Crippen LogP contribution in [0.15, 0.2) is 42.5 Å². The maximum Gasteiger partial charge on any atom is 0.128 e. The van der Waals surface area contributed by atoms with Gasteiger partial charge in [-0.25, -0.2) is 4.39 Å². The number of nitrogens with two attached hydrogens (primary N) is 1. The van der Waals surface area contributed by atoms with Crippen molar-refractivity contribution in [1.29, 1.82) is 0 Å². The van der Waals surface area contributed by atoms with E-state index in [1.807, 2.05) is 57.2 Å². The van der Waals surface area contributed by atoms with Crippen molar-refractivity contribution in [2.75, 3.05) is 0 Å². The monoisotopic (exact) mass is 257 g/mol. The minimum absolute atomic E-state index is 0.210. The van der Waals surface area contributed by atoms with Gasteiger partial charge in [-0.05, 0) is 49.9 Å². The van der Waals surface area contributed by atoms with Crippen LogP contribution >= 0.6 is 0 Å². The van der Waals surface area contributed by atoms with Crippen LogP contribution in [-0.2, 0) is 12.0 Å². The molecule has 2 heteroatoms. The Hall–Kier alpha value is -1.67. The summed E-state index contributed by atoms with van der Waals surface area (Å²) in [6.07, 6.45) is 0.620. The van der Waals surface area contributed by atoms with Crippen LogP contribution in [0, 0.1) is 19.7 Å². The molecule has 2 aromatic carbocycles. The normalized spacial score (nSPS) is 14.2. The van der Waals surface area contributed by atoms with Crippen LogP contribution in [0.1, 0.15) is 29.2 Å². The van der Waals surface area contributed by atoms with E-state index < -0.39 is 5.54 Å². The van der Waals surface area contributed by atoms with E-state index in [0.29, 0.717) is 12.0 Å². The van der Waals surface area contributed by atoms with E-state index in [2.05, 4.69) is 0 Å². The summed E-state index contributed by atoms with van der Waals surface area (Å²) in [4.78, 5) is 0. The topological polar surface area (TPSA) is 26.0 Å². The molecule has 1 nitrogen and oxygen atoms in total. The lowest BCUT2D eigenvalue weighted by Crippen LogP contribution is -2.37. The number of rotatable bonds is 3. The Kier molecular flexibility index (Phi) is 3.72. The zero-order valence-corrected chi connectivity index (χ0v) is 11.7. The molecule has 1 atom stereocenters. The van der Waals surface area contributed by atoms with Crippen molar-refractivity contribution >= 4 is 0 Å². The SMILES string of the molecule is Cc1cc(C)c(C(C)(N)Cc2ccccc2)c(F)c1. The number of halogens is 1. The Labute approximate surface area is 114 Å². The first kappa shape index (κ1) is 13.8. The van der Waals surface area contributed by atoms with E-state index in [9.17, 15) is 4.39 Å². The Morgan fingerprint density at radius 2 is 1.74 bits per heavy atom. The third-order valence-electron chi connectivity index (χ3n) is 3.42. The summed E-state index contributed by atoms with van der Waals surface area (Å²) in [7, 11) is 0. The van der Waals surface area contributed by atoms with Crippen LogP contribution in [0.3, 0.4) is 0 Å². The standard InChI is InChI=1S/C17H20FN/c1-12-9-13(2)16(15(18)10-12)17(3,19)11-14-7-5-4-6-8-14/h4-10H,11,19H2,1-3H3. The highest BCUT2D eigenvalue weighted by molar-refractivity contribution is 5.38. The highest BCUT2D eigenvalue weighted by atomic mass is 19.1. The first-order chi connectivity index (χ1) is 8.90. The average molecular weight is 257 g/mol. The molecule has 2 aromatic rings. The van der Waals surface area contributed by atoms with Crippen LogP contribution in [-0.4, -0.2) is 0 Å². The van der Waals surface area contributed by atoms with Crippen LogP contribution in [0.2, 0.25) is 0 Å². The Balaban J connectivity index is 2.40. The van der Waals surface area contributed by atoms with Gasteiger partial charge < -0.3 is 5.73 Å². The molecule has 1 unspecified atom stereocenters. The van der Waals surface area contributed by atoms with E-state index in [1.54, 1.807) is 6.07 Å². The quantitative estimate of drug-likeness (QED) is 0.887. The summed E-state index contributed by atoms with van der Waals surface area (Å²) in [5.41, 5.74) is 9.25. The highest BCUT2D eigenvalue weighted by Crippen LogP contribution is 2.29. The van der Waals surface area contributed by atoms with Gasteiger partial charge in [-0.2, -0.15) is 0 Å². The summed E-state index contributed by atoms with van der Waals surface area (Å²) in [5.74, 6) is -0.210. The van der Waals surface area contributed by atoms with Gasteiger partial charge in [0.25, 0.3) is 0 Å². The second-order valence-corrected chi connectivity index (χ2v) is 5.52. The smallest absolute Gasteiger partial charge is 0.128 e. The molecule has 0 aliphatic heterocycles. The fourth-order valence-corrected chi connectivity index (χ4v) is 2.75. The lowest BCUT2D eigenvalue weighted by Gasteiger charge is -2.28.